The van der Waals surface area contributed by atoms with Crippen LogP contribution in [-0.4, -0.2) is 50.6 Å². The van der Waals surface area contributed by atoms with Gasteiger partial charge in [-0.15, -0.1) is 0 Å². The average molecular weight is 418 g/mol. The van der Waals surface area contributed by atoms with E-state index in [4.69, 9.17) is 18.7 Å². The van der Waals surface area contributed by atoms with Gasteiger partial charge < -0.3 is 29.0 Å². The first-order valence-corrected chi connectivity index (χ1v) is 10.5. The van der Waals surface area contributed by atoms with Gasteiger partial charge in [-0.1, -0.05) is 5.16 Å². The molecule has 1 N–H and O–H groups in total. The number of aromatic nitrogens is 1. The Morgan fingerprint density at radius 1 is 1.13 bits per heavy atom. The van der Waals surface area contributed by atoms with Crippen LogP contribution in [0.15, 0.2) is 16.7 Å². The van der Waals surface area contributed by atoms with Gasteiger partial charge in [-0.3, -0.25) is 4.79 Å². The van der Waals surface area contributed by atoms with Crippen LogP contribution in [0.1, 0.15) is 37.3 Å². The third kappa shape index (κ3) is 5.24. The molecule has 2 heterocycles. The summed E-state index contributed by atoms with van der Waals surface area (Å²) in [7, 11) is 0. The van der Waals surface area contributed by atoms with Crippen molar-refractivity contribution in [2.24, 2.45) is 0 Å². The number of hydrogen-bond donors (Lipinski definition) is 1. The molecule has 0 bridgehead atoms. The lowest BCUT2D eigenvalue weighted by Gasteiger charge is -2.31. The van der Waals surface area contributed by atoms with Crippen LogP contribution < -0.4 is 19.7 Å². The first kappa shape index (κ1) is 22.0. The molecule has 164 valence electrons. The second-order valence-corrected chi connectivity index (χ2v) is 7.13. The molecule has 8 nitrogen and oxygen atoms in total. The first-order chi connectivity index (χ1) is 14.5. The molecule has 30 heavy (non-hydrogen) atoms. The topological polar surface area (TPSA) is 86.1 Å². The molecule has 1 saturated heterocycles. The number of rotatable bonds is 9. The lowest BCUT2D eigenvalue weighted by molar-refractivity contribution is -0.116. The van der Waals surface area contributed by atoms with E-state index < -0.39 is 0 Å². The number of morpholine rings is 1. The summed E-state index contributed by atoms with van der Waals surface area (Å²) < 4.78 is 22.4. The summed E-state index contributed by atoms with van der Waals surface area (Å²) in [6, 6.07) is 3.80. The highest BCUT2D eigenvalue weighted by Gasteiger charge is 2.20. The van der Waals surface area contributed by atoms with Crippen molar-refractivity contribution < 1.29 is 23.5 Å². The number of aryl methyl sites for hydroxylation is 2. The Bertz CT molecular complexity index is 839. The maximum Gasteiger partial charge on any atom is 0.224 e. The fraction of sp³-hybridized carbons (Fsp3) is 0.545. The number of anilines is 2. The number of benzene rings is 1. The van der Waals surface area contributed by atoms with Crippen LogP contribution >= 0.6 is 0 Å². The third-order valence-electron chi connectivity index (χ3n) is 5.07. The highest BCUT2D eigenvalue weighted by molar-refractivity contribution is 5.93. The van der Waals surface area contributed by atoms with E-state index in [0.29, 0.717) is 50.7 Å². The van der Waals surface area contributed by atoms with Gasteiger partial charge in [-0.05, 0) is 34.1 Å². The SMILES string of the molecule is CCOc1cc(N2CCOCC2)c(OCC)cc1NC(=O)CCc1c(C)noc1C. The predicted molar refractivity (Wildman–Crippen MR) is 115 cm³/mol. The molecule has 1 aromatic carbocycles. The van der Waals surface area contributed by atoms with Crippen molar-refractivity contribution in [3.63, 3.8) is 0 Å². The fourth-order valence-electron chi connectivity index (χ4n) is 3.55. The van der Waals surface area contributed by atoms with E-state index in [1.165, 1.54) is 0 Å². The lowest BCUT2D eigenvalue weighted by atomic mass is 10.1. The molecule has 0 unspecified atom stereocenters. The minimum Gasteiger partial charge on any atom is -0.492 e. The van der Waals surface area contributed by atoms with Crippen molar-refractivity contribution in [3.8, 4) is 11.5 Å². The normalized spacial score (nSPS) is 13.9. The van der Waals surface area contributed by atoms with Crippen molar-refractivity contribution >= 4 is 17.3 Å². The van der Waals surface area contributed by atoms with Crippen LogP contribution in [0.2, 0.25) is 0 Å². The molecule has 0 atom stereocenters. The predicted octanol–water partition coefficient (Wildman–Crippen LogP) is 3.50. The van der Waals surface area contributed by atoms with Crippen molar-refractivity contribution in [3.05, 3.63) is 29.2 Å². The largest absolute Gasteiger partial charge is 0.492 e. The smallest absolute Gasteiger partial charge is 0.224 e. The van der Waals surface area contributed by atoms with Gasteiger partial charge in [0, 0.05) is 37.2 Å². The van der Waals surface area contributed by atoms with E-state index >= 15 is 0 Å². The van der Waals surface area contributed by atoms with Gasteiger partial charge in [0.1, 0.15) is 17.3 Å². The molecule has 2 aromatic rings. The van der Waals surface area contributed by atoms with E-state index in [2.05, 4.69) is 15.4 Å². The van der Waals surface area contributed by atoms with Gasteiger partial charge in [-0.2, -0.15) is 0 Å². The van der Waals surface area contributed by atoms with Gasteiger partial charge >= 0.3 is 0 Å². The van der Waals surface area contributed by atoms with Crippen molar-refractivity contribution in [2.75, 3.05) is 49.7 Å². The number of amides is 1. The van der Waals surface area contributed by atoms with Gasteiger partial charge in [0.2, 0.25) is 5.91 Å². The van der Waals surface area contributed by atoms with Gasteiger partial charge in [0.15, 0.2) is 0 Å². The second-order valence-electron chi connectivity index (χ2n) is 7.13. The van der Waals surface area contributed by atoms with Crippen LogP contribution in [0, 0.1) is 13.8 Å². The minimum absolute atomic E-state index is 0.0995. The Morgan fingerprint density at radius 2 is 1.83 bits per heavy atom. The van der Waals surface area contributed by atoms with E-state index in [0.717, 1.165) is 41.5 Å². The first-order valence-electron chi connectivity index (χ1n) is 10.5. The molecule has 8 heteroatoms. The monoisotopic (exact) mass is 417 g/mol. The van der Waals surface area contributed by atoms with Crippen LogP contribution in [0.25, 0.3) is 0 Å². The highest BCUT2D eigenvalue weighted by atomic mass is 16.5. The molecule has 1 aliphatic rings. The fourth-order valence-corrected chi connectivity index (χ4v) is 3.55. The number of carbonyl (C=O) groups excluding carboxylic acids is 1. The molecule has 0 saturated carbocycles. The summed E-state index contributed by atoms with van der Waals surface area (Å²) in [6.45, 7) is 11.6. The van der Waals surface area contributed by atoms with Crippen LogP contribution in [0.4, 0.5) is 11.4 Å². The summed E-state index contributed by atoms with van der Waals surface area (Å²) in [5.74, 6) is 2.01. The molecule has 1 amide bonds. The summed E-state index contributed by atoms with van der Waals surface area (Å²) in [4.78, 5) is 14.9. The van der Waals surface area contributed by atoms with Gasteiger partial charge in [0.25, 0.3) is 0 Å². The molecule has 1 aliphatic heterocycles. The van der Waals surface area contributed by atoms with Crippen LogP contribution in [0.3, 0.4) is 0 Å². The molecule has 0 radical (unpaired) electrons. The maximum atomic E-state index is 12.7. The summed E-state index contributed by atoms with van der Waals surface area (Å²) >= 11 is 0. The number of ether oxygens (including phenoxy) is 3. The van der Waals surface area contributed by atoms with Crippen molar-refractivity contribution in [2.45, 2.75) is 40.5 Å². The lowest BCUT2D eigenvalue weighted by Crippen LogP contribution is -2.36. The zero-order chi connectivity index (χ0) is 21.5. The molecule has 0 aliphatic carbocycles. The van der Waals surface area contributed by atoms with E-state index in [1.54, 1.807) is 0 Å². The highest BCUT2D eigenvalue weighted by Crippen LogP contribution is 2.39. The maximum absolute atomic E-state index is 12.7. The molecular weight excluding hydrogens is 386 g/mol. The molecule has 1 aromatic heterocycles. The Labute approximate surface area is 177 Å². The van der Waals surface area contributed by atoms with Crippen molar-refractivity contribution in [1.29, 1.82) is 0 Å². The standard InChI is InChI=1S/C22H31N3O5/c1-5-28-20-14-19(25-9-11-27-12-10-25)21(29-6-2)13-18(20)23-22(26)8-7-17-15(3)24-30-16(17)4/h13-14H,5-12H2,1-4H3,(H,23,26). The summed E-state index contributed by atoms with van der Waals surface area (Å²) in [5, 5.41) is 6.93. The molecule has 0 spiro atoms. The number of carbonyl (C=O) groups is 1. The van der Waals surface area contributed by atoms with Crippen molar-refractivity contribution in [1.82, 2.24) is 5.16 Å². The zero-order valence-electron chi connectivity index (χ0n) is 18.2. The number of nitrogens with one attached hydrogen (secondary N) is 1. The average Bonchev–Trinajstić information content (AvgIpc) is 3.06. The van der Waals surface area contributed by atoms with E-state index in [9.17, 15) is 4.79 Å². The molecule has 3 rings (SSSR count). The Balaban J connectivity index is 1.79. The van der Waals surface area contributed by atoms with E-state index in [1.807, 2.05) is 39.8 Å². The van der Waals surface area contributed by atoms with E-state index in [-0.39, 0.29) is 5.91 Å². The summed E-state index contributed by atoms with van der Waals surface area (Å²) in [5.41, 5.74) is 3.37. The molecule has 1 fully saturated rings. The Kier molecular flexibility index (Phi) is 7.57. The van der Waals surface area contributed by atoms with Gasteiger partial charge in [0.05, 0.1) is 43.5 Å². The van der Waals surface area contributed by atoms with Gasteiger partial charge in [-0.25, -0.2) is 0 Å². The third-order valence-corrected chi connectivity index (χ3v) is 5.07. The molecular formula is C22H31N3O5. The number of nitrogens with zero attached hydrogens (tertiary/aromatic N) is 2. The Hall–Kier alpha value is -2.74. The summed E-state index contributed by atoms with van der Waals surface area (Å²) in [6.07, 6.45) is 0.894. The second kappa shape index (κ2) is 10.3. The quantitative estimate of drug-likeness (QED) is 0.668. The zero-order valence-corrected chi connectivity index (χ0v) is 18.2. The van der Waals surface area contributed by atoms with Crippen LogP contribution in [-0.2, 0) is 16.0 Å². The Morgan fingerprint density at radius 3 is 2.47 bits per heavy atom. The van der Waals surface area contributed by atoms with Crippen LogP contribution in [0.5, 0.6) is 11.5 Å². The minimum atomic E-state index is -0.0995. The number of hydrogen-bond acceptors (Lipinski definition) is 7.